The number of oxime groups is 1. The Balaban J connectivity index is 1.69. The second-order valence-corrected chi connectivity index (χ2v) is 7.48. The van der Waals surface area contributed by atoms with Crippen molar-refractivity contribution >= 4 is 5.71 Å². The molecular weight excluding hydrogens is 348 g/mol. The van der Waals surface area contributed by atoms with E-state index in [-0.39, 0.29) is 23.1 Å². The number of nitrogens with zero attached hydrogens (tertiary/aromatic N) is 2. The number of piperidine rings is 1. The molecule has 2 fully saturated rings. The summed E-state index contributed by atoms with van der Waals surface area (Å²) in [4.78, 5) is 2.32. The van der Waals surface area contributed by atoms with Gasteiger partial charge in [-0.2, -0.15) is 0 Å². The first-order valence-electron chi connectivity index (χ1n) is 9.28. The lowest BCUT2D eigenvalue weighted by atomic mass is 9.78. The van der Waals surface area contributed by atoms with Crippen LogP contribution >= 0.6 is 0 Å². The molecule has 4 nitrogen and oxygen atoms in total. The van der Waals surface area contributed by atoms with E-state index in [9.17, 15) is 14.0 Å². The Labute approximate surface area is 157 Å². The van der Waals surface area contributed by atoms with E-state index in [0.29, 0.717) is 0 Å². The second-order valence-electron chi connectivity index (χ2n) is 7.48. The zero-order chi connectivity index (χ0) is 18.9. The van der Waals surface area contributed by atoms with Crippen molar-refractivity contribution in [3.8, 4) is 0 Å². The van der Waals surface area contributed by atoms with Crippen LogP contribution in [0.1, 0.15) is 30.0 Å². The molecule has 0 aliphatic carbocycles. The fraction of sp³-hybridized carbons (Fsp3) is 0.381. The van der Waals surface area contributed by atoms with Crippen molar-refractivity contribution < 1.29 is 14.0 Å². The third-order valence-electron chi connectivity index (χ3n) is 5.85. The molecule has 1 spiro atoms. The maximum absolute atomic E-state index is 13.5. The van der Waals surface area contributed by atoms with E-state index >= 15 is 0 Å². The van der Waals surface area contributed by atoms with E-state index in [2.05, 4.69) is 15.4 Å². The van der Waals surface area contributed by atoms with Crippen molar-refractivity contribution in [3.63, 3.8) is 0 Å². The molecule has 0 radical (unpaired) electrons. The normalized spacial score (nSPS) is 24.9. The lowest BCUT2D eigenvalue weighted by molar-refractivity contribution is 0.242. The van der Waals surface area contributed by atoms with Crippen molar-refractivity contribution in [2.75, 3.05) is 26.2 Å². The lowest BCUT2D eigenvalue weighted by Crippen LogP contribution is -2.49. The number of rotatable bonds is 3. The molecule has 0 saturated carbocycles. The Morgan fingerprint density at radius 3 is 2.15 bits per heavy atom. The van der Waals surface area contributed by atoms with Gasteiger partial charge < -0.3 is 10.5 Å². The number of halogens is 2. The van der Waals surface area contributed by atoms with Crippen molar-refractivity contribution in [1.82, 2.24) is 10.2 Å². The molecule has 0 bridgehead atoms. The van der Waals surface area contributed by atoms with Crippen LogP contribution in [-0.4, -0.2) is 42.0 Å². The summed E-state index contributed by atoms with van der Waals surface area (Å²) in [6, 6.07) is 12.9. The molecule has 2 aliphatic rings. The fourth-order valence-corrected chi connectivity index (χ4v) is 4.47. The minimum atomic E-state index is -0.277. The van der Waals surface area contributed by atoms with E-state index in [1.807, 2.05) is 0 Å². The highest BCUT2D eigenvalue weighted by atomic mass is 19.1. The fourth-order valence-electron chi connectivity index (χ4n) is 4.47. The number of likely N-dealkylation sites (tertiary alicyclic amines) is 1. The van der Waals surface area contributed by atoms with Gasteiger partial charge in [-0.1, -0.05) is 29.4 Å². The Morgan fingerprint density at radius 2 is 1.59 bits per heavy atom. The van der Waals surface area contributed by atoms with Crippen LogP contribution in [0.3, 0.4) is 0 Å². The molecule has 2 aromatic rings. The Bertz CT molecular complexity index is 777. The van der Waals surface area contributed by atoms with Crippen LogP contribution in [0.5, 0.6) is 0 Å². The van der Waals surface area contributed by atoms with Gasteiger partial charge in [-0.25, -0.2) is 8.78 Å². The maximum Gasteiger partial charge on any atom is 0.123 e. The third-order valence-corrected chi connectivity index (χ3v) is 5.85. The molecule has 0 aromatic heterocycles. The molecule has 0 unspecified atom stereocenters. The molecule has 2 heterocycles. The van der Waals surface area contributed by atoms with Crippen LogP contribution in [0.25, 0.3) is 0 Å². The first-order valence-corrected chi connectivity index (χ1v) is 9.28. The Morgan fingerprint density at radius 1 is 1.00 bits per heavy atom. The van der Waals surface area contributed by atoms with Gasteiger partial charge in [0.05, 0.1) is 11.8 Å². The van der Waals surface area contributed by atoms with Gasteiger partial charge in [-0.05, 0) is 41.8 Å². The largest absolute Gasteiger partial charge is 0.411 e. The molecule has 4 rings (SSSR count). The molecule has 0 amide bonds. The van der Waals surface area contributed by atoms with E-state index in [1.165, 1.54) is 24.3 Å². The van der Waals surface area contributed by atoms with Crippen LogP contribution in [0, 0.1) is 17.0 Å². The summed E-state index contributed by atoms with van der Waals surface area (Å²) in [5.74, 6) is -0.554. The summed E-state index contributed by atoms with van der Waals surface area (Å²) >= 11 is 0. The summed E-state index contributed by atoms with van der Waals surface area (Å²) < 4.78 is 26.9. The van der Waals surface area contributed by atoms with Crippen LogP contribution in [0.4, 0.5) is 8.78 Å². The quantitative estimate of drug-likeness (QED) is 0.641. The van der Waals surface area contributed by atoms with E-state index in [0.717, 1.165) is 55.9 Å². The van der Waals surface area contributed by atoms with Gasteiger partial charge in [0, 0.05) is 38.0 Å². The minimum Gasteiger partial charge on any atom is -0.411 e. The van der Waals surface area contributed by atoms with E-state index < -0.39 is 0 Å². The second kappa shape index (κ2) is 7.37. The van der Waals surface area contributed by atoms with Gasteiger partial charge in [0.25, 0.3) is 0 Å². The molecule has 2 saturated heterocycles. The van der Waals surface area contributed by atoms with Gasteiger partial charge in [0.2, 0.25) is 0 Å². The minimum absolute atomic E-state index is 0.104. The van der Waals surface area contributed by atoms with Gasteiger partial charge in [-0.15, -0.1) is 0 Å². The highest BCUT2D eigenvalue weighted by Gasteiger charge is 2.46. The topological polar surface area (TPSA) is 47.9 Å². The molecule has 2 N–H and O–H groups in total. The first-order chi connectivity index (χ1) is 13.1. The van der Waals surface area contributed by atoms with Crippen molar-refractivity contribution in [2.24, 2.45) is 10.6 Å². The number of benzene rings is 2. The monoisotopic (exact) mass is 371 g/mol. The molecular formula is C21H23F2N3O. The maximum atomic E-state index is 13.5. The lowest BCUT2D eigenvalue weighted by Gasteiger charge is -2.36. The highest BCUT2D eigenvalue weighted by Crippen LogP contribution is 2.41. The van der Waals surface area contributed by atoms with E-state index in [1.54, 1.807) is 24.3 Å². The van der Waals surface area contributed by atoms with Gasteiger partial charge in [0.15, 0.2) is 0 Å². The molecule has 2 aliphatic heterocycles. The average Bonchev–Trinajstić information content (AvgIpc) is 3.09. The van der Waals surface area contributed by atoms with Crippen LogP contribution in [-0.2, 0) is 0 Å². The van der Waals surface area contributed by atoms with Gasteiger partial charge >= 0.3 is 0 Å². The first kappa shape index (κ1) is 18.1. The SMILES string of the molecule is O/N=C1\CCNC[C@@]12CCN(C(c1ccc(F)cc1)c1ccc(F)cc1)C2. The smallest absolute Gasteiger partial charge is 0.123 e. The summed E-state index contributed by atoms with van der Waals surface area (Å²) in [5, 5.41) is 16.5. The van der Waals surface area contributed by atoms with Crippen molar-refractivity contribution in [2.45, 2.75) is 18.9 Å². The summed E-state index contributed by atoms with van der Waals surface area (Å²) in [6.45, 7) is 3.15. The molecule has 1 atom stereocenters. The zero-order valence-electron chi connectivity index (χ0n) is 15.0. The predicted octanol–water partition coefficient (Wildman–Crippen LogP) is 3.57. The summed E-state index contributed by atoms with van der Waals surface area (Å²) in [7, 11) is 0. The Kier molecular flexibility index (Phi) is 4.93. The summed E-state index contributed by atoms with van der Waals surface area (Å²) in [6.07, 6.45) is 1.63. The third kappa shape index (κ3) is 3.47. The molecule has 142 valence electrons. The predicted molar refractivity (Wildman–Crippen MR) is 100.0 cm³/mol. The highest BCUT2D eigenvalue weighted by molar-refractivity contribution is 5.91. The number of hydrogen-bond donors (Lipinski definition) is 2. The van der Waals surface area contributed by atoms with Crippen molar-refractivity contribution in [1.29, 1.82) is 0 Å². The number of hydrogen-bond acceptors (Lipinski definition) is 4. The Hall–Kier alpha value is -2.31. The van der Waals surface area contributed by atoms with Gasteiger partial charge in [-0.3, -0.25) is 4.90 Å². The number of nitrogens with one attached hydrogen (secondary N) is 1. The van der Waals surface area contributed by atoms with Gasteiger partial charge in [0.1, 0.15) is 11.6 Å². The average molecular weight is 371 g/mol. The molecule has 27 heavy (non-hydrogen) atoms. The molecule has 2 aromatic carbocycles. The van der Waals surface area contributed by atoms with Crippen LogP contribution in [0.2, 0.25) is 0 Å². The summed E-state index contributed by atoms with van der Waals surface area (Å²) in [5.41, 5.74) is 2.59. The standard InChI is InChI=1S/C21H23F2N3O/c22-17-5-1-15(2-6-17)20(16-3-7-18(23)8-4-16)26-12-10-21(14-26)13-24-11-9-19(21)25-27/h1-8,20,24,27H,9-14H2/b25-19+/t21-/m1/s1. The zero-order valence-corrected chi connectivity index (χ0v) is 15.0. The van der Waals surface area contributed by atoms with E-state index in [4.69, 9.17) is 0 Å². The van der Waals surface area contributed by atoms with Crippen LogP contribution < -0.4 is 5.32 Å². The molecule has 6 heteroatoms. The van der Waals surface area contributed by atoms with Crippen LogP contribution in [0.15, 0.2) is 53.7 Å². The van der Waals surface area contributed by atoms with Crippen molar-refractivity contribution in [3.05, 3.63) is 71.3 Å².